The van der Waals surface area contributed by atoms with E-state index in [1.54, 1.807) is 23.7 Å². The van der Waals surface area contributed by atoms with Gasteiger partial charge in [0, 0.05) is 12.7 Å². The van der Waals surface area contributed by atoms with Gasteiger partial charge in [-0.25, -0.2) is 8.42 Å². The van der Waals surface area contributed by atoms with Gasteiger partial charge in [0.15, 0.2) is 11.0 Å². The molecule has 1 N–H and O–H groups in total. The summed E-state index contributed by atoms with van der Waals surface area (Å²) in [7, 11) is -1.76. The molecule has 31 heavy (non-hydrogen) atoms. The summed E-state index contributed by atoms with van der Waals surface area (Å²) in [6, 6.07) is 14.8. The maximum atomic E-state index is 12.4. The van der Waals surface area contributed by atoms with Crippen LogP contribution >= 0.6 is 11.8 Å². The van der Waals surface area contributed by atoms with Crippen LogP contribution < -0.4 is 9.62 Å². The second-order valence-electron chi connectivity index (χ2n) is 7.27. The van der Waals surface area contributed by atoms with Gasteiger partial charge in [-0.15, -0.1) is 10.2 Å². The molecule has 3 rings (SSSR count). The van der Waals surface area contributed by atoms with Gasteiger partial charge in [0.1, 0.15) is 0 Å². The molecule has 10 heteroatoms. The summed E-state index contributed by atoms with van der Waals surface area (Å²) in [6.07, 6.45) is 1.16. The van der Waals surface area contributed by atoms with E-state index in [4.69, 9.17) is 0 Å². The first-order valence-corrected chi connectivity index (χ1v) is 12.4. The zero-order valence-electron chi connectivity index (χ0n) is 17.9. The summed E-state index contributed by atoms with van der Waals surface area (Å²) in [6.45, 7) is 3.97. The summed E-state index contributed by atoms with van der Waals surface area (Å²) in [5, 5.41) is 11.6. The first-order chi connectivity index (χ1) is 14.6. The topological polar surface area (TPSA) is 97.2 Å². The van der Waals surface area contributed by atoms with Crippen molar-refractivity contribution in [2.75, 3.05) is 21.6 Å². The molecule has 0 bridgehead atoms. The van der Waals surface area contributed by atoms with Crippen LogP contribution in [0.15, 0.2) is 53.7 Å². The average Bonchev–Trinajstić information content (AvgIpc) is 3.06. The third kappa shape index (κ3) is 6.08. The van der Waals surface area contributed by atoms with Crippen molar-refractivity contribution >= 4 is 39.1 Å². The number of aromatic nitrogens is 3. The highest BCUT2D eigenvalue weighted by Crippen LogP contribution is 2.22. The number of sulfonamides is 1. The van der Waals surface area contributed by atoms with Crippen molar-refractivity contribution < 1.29 is 13.2 Å². The van der Waals surface area contributed by atoms with E-state index in [2.05, 4.69) is 15.5 Å². The molecule has 0 unspecified atom stereocenters. The molecule has 0 radical (unpaired) electrons. The Labute approximate surface area is 186 Å². The Bertz CT molecular complexity index is 1160. The van der Waals surface area contributed by atoms with Crippen LogP contribution in [0.3, 0.4) is 0 Å². The number of rotatable bonds is 8. The molecule has 1 amide bonds. The third-order valence-corrected chi connectivity index (χ3v) is 6.76. The van der Waals surface area contributed by atoms with E-state index in [1.807, 2.05) is 50.2 Å². The molecule has 164 valence electrons. The van der Waals surface area contributed by atoms with E-state index in [0.717, 1.165) is 23.1 Å². The van der Waals surface area contributed by atoms with E-state index in [1.165, 1.54) is 16.1 Å². The normalized spacial score (nSPS) is 11.4. The SMILES string of the molecule is Cc1ccc(NC(=O)CSc2nnc(CN(c3ccc(C)cc3)S(C)(=O)=O)n2C)cc1. The number of nitrogens with zero attached hydrogens (tertiary/aromatic N) is 4. The Morgan fingerprint density at radius 2 is 1.61 bits per heavy atom. The summed E-state index contributed by atoms with van der Waals surface area (Å²) in [5.41, 5.74) is 3.45. The fourth-order valence-corrected chi connectivity index (χ4v) is 4.40. The number of aryl methyl sites for hydroxylation is 2. The quantitative estimate of drug-likeness (QED) is 0.520. The monoisotopic (exact) mass is 459 g/mol. The molecule has 0 saturated heterocycles. The summed E-state index contributed by atoms with van der Waals surface area (Å²) < 4.78 is 27.7. The first-order valence-electron chi connectivity index (χ1n) is 9.55. The highest BCUT2D eigenvalue weighted by atomic mass is 32.2. The standard InChI is InChI=1S/C21H25N5O3S2/c1-15-5-9-17(10-6-15)22-20(27)14-30-21-24-23-19(25(21)3)13-26(31(4,28)29)18-11-7-16(2)8-12-18/h5-12H,13-14H2,1-4H3,(H,22,27). The minimum absolute atomic E-state index is 0.0432. The lowest BCUT2D eigenvalue weighted by Crippen LogP contribution is -2.30. The van der Waals surface area contributed by atoms with Crippen molar-refractivity contribution in [3.63, 3.8) is 0 Å². The maximum Gasteiger partial charge on any atom is 0.234 e. The Balaban J connectivity index is 1.67. The molecule has 0 aliphatic rings. The van der Waals surface area contributed by atoms with E-state index in [0.29, 0.717) is 16.7 Å². The Morgan fingerprint density at radius 3 is 2.19 bits per heavy atom. The molecule has 1 aromatic heterocycles. The highest BCUT2D eigenvalue weighted by molar-refractivity contribution is 7.99. The molecule has 0 aliphatic heterocycles. The highest BCUT2D eigenvalue weighted by Gasteiger charge is 2.21. The Hall–Kier alpha value is -2.85. The first kappa shape index (κ1) is 22.8. The number of carbonyl (C=O) groups excluding carboxylic acids is 1. The number of carbonyl (C=O) groups is 1. The van der Waals surface area contributed by atoms with Crippen molar-refractivity contribution in [1.29, 1.82) is 0 Å². The van der Waals surface area contributed by atoms with Crippen molar-refractivity contribution in [3.05, 3.63) is 65.5 Å². The Kier molecular flexibility index (Phi) is 7.01. The molecule has 0 spiro atoms. The number of anilines is 2. The molecule has 3 aromatic rings. The van der Waals surface area contributed by atoms with E-state index in [9.17, 15) is 13.2 Å². The van der Waals surface area contributed by atoms with Gasteiger partial charge in [-0.2, -0.15) is 0 Å². The van der Waals surface area contributed by atoms with Crippen molar-refractivity contribution in [2.45, 2.75) is 25.5 Å². The smallest absolute Gasteiger partial charge is 0.234 e. The minimum atomic E-state index is -3.52. The Morgan fingerprint density at radius 1 is 1.03 bits per heavy atom. The maximum absolute atomic E-state index is 12.4. The second-order valence-corrected chi connectivity index (χ2v) is 10.1. The van der Waals surface area contributed by atoms with Crippen LogP contribution in [0, 0.1) is 13.8 Å². The van der Waals surface area contributed by atoms with E-state index >= 15 is 0 Å². The van der Waals surface area contributed by atoms with Gasteiger partial charge < -0.3 is 9.88 Å². The fourth-order valence-electron chi connectivity index (χ4n) is 2.81. The van der Waals surface area contributed by atoms with Crippen LogP contribution in [0.5, 0.6) is 0 Å². The van der Waals surface area contributed by atoms with Gasteiger partial charge in [0.2, 0.25) is 15.9 Å². The summed E-state index contributed by atoms with van der Waals surface area (Å²) >= 11 is 1.24. The predicted octanol–water partition coefficient (Wildman–Crippen LogP) is 3.13. The summed E-state index contributed by atoms with van der Waals surface area (Å²) in [4.78, 5) is 12.2. The van der Waals surface area contributed by atoms with Crippen LogP contribution in [-0.4, -0.2) is 41.1 Å². The number of hydrogen-bond acceptors (Lipinski definition) is 6. The van der Waals surface area contributed by atoms with Gasteiger partial charge in [0.25, 0.3) is 0 Å². The molecule has 0 saturated carbocycles. The fraction of sp³-hybridized carbons (Fsp3) is 0.286. The molecular weight excluding hydrogens is 434 g/mol. The zero-order chi connectivity index (χ0) is 22.6. The second kappa shape index (κ2) is 9.52. The van der Waals surface area contributed by atoms with Gasteiger partial charge in [-0.05, 0) is 38.1 Å². The summed E-state index contributed by atoms with van der Waals surface area (Å²) in [5.74, 6) is 0.483. The lowest BCUT2D eigenvalue weighted by Gasteiger charge is -2.22. The number of benzene rings is 2. The van der Waals surface area contributed by atoms with Crippen molar-refractivity contribution in [2.24, 2.45) is 7.05 Å². The van der Waals surface area contributed by atoms with Gasteiger partial charge in [-0.1, -0.05) is 47.2 Å². The van der Waals surface area contributed by atoms with Gasteiger partial charge in [0.05, 0.1) is 24.2 Å². The van der Waals surface area contributed by atoms with Crippen LogP contribution in [0.2, 0.25) is 0 Å². The van der Waals surface area contributed by atoms with E-state index in [-0.39, 0.29) is 18.2 Å². The van der Waals surface area contributed by atoms with Crippen molar-refractivity contribution in [3.8, 4) is 0 Å². The van der Waals surface area contributed by atoms with Crippen molar-refractivity contribution in [1.82, 2.24) is 14.8 Å². The lowest BCUT2D eigenvalue weighted by molar-refractivity contribution is -0.113. The van der Waals surface area contributed by atoms with Crippen LogP contribution in [0.4, 0.5) is 11.4 Å². The lowest BCUT2D eigenvalue weighted by atomic mass is 10.2. The molecule has 0 aliphatic carbocycles. The van der Waals surface area contributed by atoms with E-state index < -0.39 is 10.0 Å². The molecule has 0 atom stereocenters. The predicted molar refractivity (Wildman–Crippen MR) is 124 cm³/mol. The van der Waals surface area contributed by atoms with Gasteiger partial charge >= 0.3 is 0 Å². The third-order valence-electron chi connectivity index (χ3n) is 4.60. The molecular formula is C21H25N5O3S2. The molecule has 2 aromatic carbocycles. The molecule has 0 fully saturated rings. The number of amides is 1. The average molecular weight is 460 g/mol. The minimum Gasteiger partial charge on any atom is -0.325 e. The number of thioether (sulfide) groups is 1. The molecule has 1 heterocycles. The van der Waals surface area contributed by atoms with Gasteiger partial charge in [-0.3, -0.25) is 9.10 Å². The van der Waals surface area contributed by atoms with Crippen LogP contribution in [0.25, 0.3) is 0 Å². The number of nitrogens with one attached hydrogen (secondary N) is 1. The largest absolute Gasteiger partial charge is 0.325 e. The number of hydrogen-bond donors (Lipinski definition) is 1. The van der Waals surface area contributed by atoms with Crippen LogP contribution in [0.1, 0.15) is 17.0 Å². The van der Waals surface area contributed by atoms with Crippen LogP contribution in [-0.2, 0) is 28.4 Å². The molecule has 8 nitrogen and oxygen atoms in total. The zero-order valence-corrected chi connectivity index (χ0v) is 19.5.